The molecule has 1 aromatic rings. The molecule has 0 spiro atoms. The van der Waals surface area contributed by atoms with Crippen LogP contribution in [-0.2, 0) is 10.1 Å². The molecule has 72 valence electrons. The van der Waals surface area contributed by atoms with Crippen molar-refractivity contribution in [1.82, 2.24) is 0 Å². The van der Waals surface area contributed by atoms with E-state index >= 15 is 0 Å². The SMILES string of the molecule is O=S(=O)(O)c1cc(F)c(F)cc1Cl. The highest BCUT2D eigenvalue weighted by atomic mass is 35.5. The molecule has 0 aromatic heterocycles. The molecule has 0 aliphatic heterocycles. The third-order valence-electron chi connectivity index (χ3n) is 1.25. The fraction of sp³-hybridized carbons (Fsp3) is 0. The molecule has 0 fully saturated rings. The largest absolute Gasteiger partial charge is 0.296 e. The van der Waals surface area contributed by atoms with Crippen LogP contribution in [0.25, 0.3) is 0 Å². The van der Waals surface area contributed by atoms with Crippen molar-refractivity contribution in [2.24, 2.45) is 0 Å². The molecule has 7 heteroatoms. The standard InChI is InChI=1S/C6H3ClF2O3S/c7-3-1-4(8)5(9)2-6(3)13(10,11)12/h1-2H,(H,10,11,12). The van der Waals surface area contributed by atoms with E-state index in [1.54, 1.807) is 0 Å². The van der Waals surface area contributed by atoms with Crippen LogP contribution in [0.3, 0.4) is 0 Å². The Morgan fingerprint density at radius 1 is 1.23 bits per heavy atom. The predicted molar refractivity (Wildman–Crippen MR) is 41.2 cm³/mol. The summed E-state index contributed by atoms with van der Waals surface area (Å²) in [5.41, 5.74) is 0. The third-order valence-corrected chi connectivity index (χ3v) is 2.57. The number of hydrogen-bond donors (Lipinski definition) is 1. The Morgan fingerprint density at radius 2 is 1.69 bits per heavy atom. The monoisotopic (exact) mass is 228 g/mol. The summed E-state index contributed by atoms with van der Waals surface area (Å²) in [4.78, 5) is -0.854. The molecule has 3 nitrogen and oxygen atoms in total. The lowest BCUT2D eigenvalue weighted by Gasteiger charge is -2.00. The number of rotatable bonds is 1. The number of hydrogen-bond acceptors (Lipinski definition) is 2. The van der Waals surface area contributed by atoms with Crippen LogP contribution in [0, 0.1) is 11.6 Å². The van der Waals surface area contributed by atoms with Gasteiger partial charge in [-0.25, -0.2) is 8.78 Å². The zero-order chi connectivity index (χ0) is 10.2. The first-order valence-corrected chi connectivity index (χ1v) is 4.76. The van der Waals surface area contributed by atoms with Crippen molar-refractivity contribution in [3.63, 3.8) is 0 Å². The molecule has 0 unspecified atom stereocenters. The van der Waals surface area contributed by atoms with Crippen molar-refractivity contribution in [2.45, 2.75) is 4.90 Å². The second-order valence-electron chi connectivity index (χ2n) is 2.17. The highest BCUT2D eigenvalue weighted by Crippen LogP contribution is 2.23. The molecule has 0 heterocycles. The van der Waals surface area contributed by atoms with E-state index in [1.807, 2.05) is 0 Å². The molecule has 0 amide bonds. The summed E-state index contributed by atoms with van der Waals surface area (Å²) in [6.07, 6.45) is 0. The Bertz CT molecular complexity index is 443. The van der Waals surface area contributed by atoms with Crippen molar-refractivity contribution < 1.29 is 21.8 Å². The van der Waals surface area contributed by atoms with Gasteiger partial charge in [0.2, 0.25) is 0 Å². The van der Waals surface area contributed by atoms with Gasteiger partial charge in [0.05, 0.1) is 5.02 Å². The summed E-state index contributed by atoms with van der Waals surface area (Å²) >= 11 is 5.24. The Labute approximate surface area is 77.7 Å². The van der Waals surface area contributed by atoms with Crippen LogP contribution in [0.2, 0.25) is 5.02 Å². The average molecular weight is 229 g/mol. The first-order chi connectivity index (χ1) is 5.82. The smallest absolute Gasteiger partial charge is 0.282 e. The molecule has 0 atom stereocenters. The first-order valence-electron chi connectivity index (χ1n) is 2.94. The predicted octanol–water partition coefficient (Wildman–Crippen LogP) is 1.86. The van der Waals surface area contributed by atoms with E-state index in [4.69, 9.17) is 16.2 Å². The van der Waals surface area contributed by atoms with Crippen molar-refractivity contribution in [3.8, 4) is 0 Å². The molecule has 0 saturated heterocycles. The van der Waals surface area contributed by atoms with Gasteiger partial charge < -0.3 is 0 Å². The van der Waals surface area contributed by atoms with Crippen LogP contribution in [0.4, 0.5) is 8.78 Å². The molecule has 0 aliphatic carbocycles. The lowest BCUT2D eigenvalue weighted by molar-refractivity contribution is 0.477. The normalized spacial score (nSPS) is 11.7. The minimum absolute atomic E-state index is 0.312. The van der Waals surface area contributed by atoms with Gasteiger partial charge in [-0.15, -0.1) is 0 Å². The van der Waals surface area contributed by atoms with E-state index in [-0.39, 0.29) is 0 Å². The molecule has 0 saturated carbocycles. The second kappa shape index (κ2) is 3.21. The molecule has 0 radical (unpaired) electrons. The summed E-state index contributed by atoms with van der Waals surface area (Å²) < 4.78 is 54.4. The first kappa shape index (κ1) is 10.4. The summed E-state index contributed by atoms with van der Waals surface area (Å²) in [6, 6.07) is 0.785. The van der Waals surface area contributed by atoms with Gasteiger partial charge in [-0.2, -0.15) is 8.42 Å². The van der Waals surface area contributed by atoms with Crippen LogP contribution < -0.4 is 0 Å². The van der Waals surface area contributed by atoms with Crippen molar-refractivity contribution in [3.05, 3.63) is 28.8 Å². The molecule has 0 bridgehead atoms. The zero-order valence-corrected chi connectivity index (χ0v) is 7.53. The van der Waals surface area contributed by atoms with E-state index in [2.05, 4.69) is 0 Å². The maximum atomic E-state index is 12.5. The highest BCUT2D eigenvalue weighted by Gasteiger charge is 2.17. The number of halogens is 3. The maximum absolute atomic E-state index is 12.5. The van der Waals surface area contributed by atoms with Gasteiger partial charge in [0.1, 0.15) is 4.90 Å². The Kier molecular flexibility index (Phi) is 2.56. The van der Waals surface area contributed by atoms with Crippen LogP contribution in [0.5, 0.6) is 0 Å². The molecule has 1 rings (SSSR count). The van der Waals surface area contributed by atoms with Crippen molar-refractivity contribution in [1.29, 1.82) is 0 Å². The van der Waals surface area contributed by atoms with E-state index in [9.17, 15) is 17.2 Å². The summed E-state index contributed by atoms with van der Waals surface area (Å²) in [5.74, 6) is -2.67. The highest BCUT2D eigenvalue weighted by molar-refractivity contribution is 7.86. The Balaban J connectivity index is 3.50. The minimum Gasteiger partial charge on any atom is -0.282 e. The quantitative estimate of drug-likeness (QED) is 0.590. The molecular weight excluding hydrogens is 226 g/mol. The summed E-state index contributed by atoms with van der Waals surface area (Å²) in [6.45, 7) is 0. The van der Waals surface area contributed by atoms with Crippen LogP contribution in [0.1, 0.15) is 0 Å². The molecular formula is C6H3ClF2O3S. The van der Waals surface area contributed by atoms with Crippen LogP contribution >= 0.6 is 11.6 Å². The topological polar surface area (TPSA) is 54.4 Å². The van der Waals surface area contributed by atoms with Crippen molar-refractivity contribution in [2.75, 3.05) is 0 Å². The second-order valence-corrected chi connectivity index (χ2v) is 3.97. The van der Waals surface area contributed by atoms with Gasteiger partial charge in [0.25, 0.3) is 10.1 Å². The summed E-state index contributed by atoms with van der Waals surface area (Å²) in [5, 5.41) is -0.568. The third kappa shape index (κ3) is 2.15. The van der Waals surface area contributed by atoms with E-state index in [0.717, 1.165) is 0 Å². The molecule has 0 aliphatic rings. The lowest BCUT2D eigenvalue weighted by Crippen LogP contribution is -2.01. The fourth-order valence-corrected chi connectivity index (χ4v) is 1.70. The van der Waals surface area contributed by atoms with E-state index < -0.39 is 31.7 Å². The van der Waals surface area contributed by atoms with Gasteiger partial charge in [-0.1, -0.05) is 11.6 Å². The van der Waals surface area contributed by atoms with Gasteiger partial charge >= 0.3 is 0 Å². The average Bonchev–Trinajstić information content (AvgIpc) is 1.94. The molecule has 1 N–H and O–H groups in total. The maximum Gasteiger partial charge on any atom is 0.296 e. The number of benzene rings is 1. The Morgan fingerprint density at radius 3 is 2.15 bits per heavy atom. The summed E-state index contributed by atoms with van der Waals surface area (Å²) in [7, 11) is -4.61. The molecule has 1 aromatic carbocycles. The van der Waals surface area contributed by atoms with Gasteiger partial charge in [0.15, 0.2) is 11.6 Å². The van der Waals surface area contributed by atoms with Gasteiger partial charge in [0, 0.05) is 0 Å². The molecule has 13 heavy (non-hydrogen) atoms. The van der Waals surface area contributed by atoms with E-state index in [1.165, 1.54) is 0 Å². The van der Waals surface area contributed by atoms with Gasteiger partial charge in [-0.3, -0.25) is 4.55 Å². The lowest BCUT2D eigenvalue weighted by atomic mass is 10.3. The van der Waals surface area contributed by atoms with Crippen LogP contribution in [0.15, 0.2) is 17.0 Å². The van der Waals surface area contributed by atoms with Crippen LogP contribution in [-0.4, -0.2) is 13.0 Å². The van der Waals surface area contributed by atoms with Crippen molar-refractivity contribution >= 4 is 21.7 Å². The van der Waals surface area contributed by atoms with E-state index in [0.29, 0.717) is 12.1 Å². The van der Waals surface area contributed by atoms with Gasteiger partial charge in [-0.05, 0) is 12.1 Å². The Hall–Kier alpha value is -0.720. The zero-order valence-electron chi connectivity index (χ0n) is 5.96. The fourth-order valence-electron chi connectivity index (χ4n) is 0.702. The minimum atomic E-state index is -4.61.